The molecule has 2 aliphatic carbocycles. The summed E-state index contributed by atoms with van der Waals surface area (Å²) in [6.07, 6.45) is 1.76. The SMILES string of the molecule is CC(=O)NC[C@@H]1C(=O)O[C@@H]2[C@H]3C(C)=CC[C@H]3[C@](C)(O)C[C@H](O)[C@H]21. The lowest BCUT2D eigenvalue weighted by Gasteiger charge is -2.34. The van der Waals surface area contributed by atoms with E-state index in [1.54, 1.807) is 6.92 Å². The van der Waals surface area contributed by atoms with Crippen LogP contribution in [0.5, 0.6) is 0 Å². The van der Waals surface area contributed by atoms with Gasteiger partial charge in [-0.15, -0.1) is 0 Å². The lowest BCUT2D eigenvalue weighted by atomic mass is 9.76. The Morgan fingerprint density at radius 3 is 2.87 bits per heavy atom. The molecule has 0 unspecified atom stereocenters. The van der Waals surface area contributed by atoms with Crippen molar-refractivity contribution in [2.24, 2.45) is 23.7 Å². The summed E-state index contributed by atoms with van der Waals surface area (Å²) in [4.78, 5) is 23.5. The minimum Gasteiger partial charge on any atom is -0.461 e. The summed E-state index contributed by atoms with van der Waals surface area (Å²) in [5, 5.41) is 24.2. The quantitative estimate of drug-likeness (QED) is 0.504. The average molecular weight is 323 g/mol. The highest BCUT2D eigenvalue weighted by Gasteiger charge is 2.59. The zero-order chi connectivity index (χ0) is 16.9. The Morgan fingerprint density at radius 1 is 1.52 bits per heavy atom. The monoisotopic (exact) mass is 323 g/mol. The number of nitrogens with one attached hydrogen (secondary N) is 1. The summed E-state index contributed by atoms with van der Waals surface area (Å²) >= 11 is 0. The van der Waals surface area contributed by atoms with Crippen molar-refractivity contribution in [3.8, 4) is 0 Å². The van der Waals surface area contributed by atoms with Gasteiger partial charge in [-0.05, 0) is 20.3 Å². The second kappa shape index (κ2) is 5.60. The standard InChI is InChI=1S/C17H25NO5/c1-8-4-5-11-13(8)15-14(12(20)6-17(11,3)22)10(16(21)23-15)7-18-9(2)19/h4,10-15,20,22H,5-7H2,1-3H3,(H,18,19)/t10-,11+,12-,13-,14+,15+,17+/m0/s1. The summed E-state index contributed by atoms with van der Waals surface area (Å²) in [5.41, 5.74) is 0.0977. The normalized spacial score (nSPS) is 45.6. The summed E-state index contributed by atoms with van der Waals surface area (Å²) < 4.78 is 5.64. The van der Waals surface area contributed by atoms with Crippen LogP contribution in [-0.4, -0.2) is 46.4 Å². The number of carbonyl (C=O) groups excluding carboxylic acids is 2. The lowest BCUT2D eigenvalue weighted by molar-refractivity contribution is -0.147. The first-order chi connectivity index (χ1) is 10.7. The molecule has 0 bridgehead atoms. The van der Waals surface area contributed by atoms with Crippen LogP contribution in [0.1, 0.15) is 33.6 Å². The van der Waals surface area contributed by atoms with E-state index in [-0.39, 0.29) is 36.7 Å². The van der Waals surface area contributed by atoms with Crippen molar-refractivity contribution in [3.05, 3.63) is 11.6 Å². The van der Waals surface area contributed by atoms with Gasteiger partial charge in [0.1, 0.15) is 6.10 Å². The van der Waals surface area contributed by atoms with E-state index in [4.69, 9.17) is 4.74 Å². The molecule has 6 nitrogen and oxygen atoms in total. The minimum atomic E-state index is -1.01. The van der Waals surface area contributed by atoms with Crippen molar-refractivity contribution < 1.29 is 24.5 Å². The molecule has 6 heteroatoms. The fraction of sp³-hybridized carbons (Fsp3) is 0.765. The molecule has 1 saturated carbocycles. The Bertz CT molecular complexity index is 555. The molecule has 1 heterocycles. The molecule has 0 aromatic rings. The van der Waals surface area contributed by atoms with Crippen LogP contribution in [0.25, 0.3) is 0 Å². The van der Waals surface area contributed by atoms with Gasteiger partial charge < -0.3 is 20.3 Å². The number of rotatable bonds is 2. The van der Waals surface area contributed by atoms with Crippen LogP contribution in [-0.2, 0) is 14.3 Å². The van der Waals surface area contributed by atoms with Crippen LogP contribution in [0.3, 0.4) is 0 Å². The molecule has 2 fully saturated rings. The van der Waals surface area contributed by atoms with Gasteiger partial charge in [-0.3, -0.25) is 9.59 Å². The third kappa shape index (κ3) is 2.68. The highest BCUT2D eigenvalue weighted by Crippen LogP contribution is 2.52. The molecule has 3 rings (SSSR count). The van der Waals surface area contributed by atoms with Gasteiger partial charge in [0, 0.05) is 37.6 Å². The number of allylic oxidation sites excluding steroid dienone is 1. The van der Waals surface area contributed by atoms with E-state index < -0.39 is 29.6 Å². The van der Waals surface area contributed by atoms with Crippen molar-refractivity contribution in [2.75, 3.05) is 6.54 Å². The van der Waals surface area contributed by atoms with E-state index >= 15 is 0 Å². The van der Waals surface area contributed by atoms with E-state index in [0.717, 1.165) is 12.0 Å². The smallest absolute Gasteiger partial charge is 0.311 e. The molecule has 3 aliphatic rings. The molecule has 3 N–H and O–H groups in total. The molecule has 0 aromatic carbocycles. The fourth-order valence-corrected chi connectivity index (χ4v) is 4.71. The number of aliphatic hydroxyl groups excluding tert-OH is 1. The molecule has 1 aliphatic heterocycles. The Balaban J connectivity index is 1.93. The molecular weight excluding hydrogens is 298 g/mol. The Hall–Kier alpha value is -1.40. The van der Waals surface area contributed by atoms with E-state index in [0.29, 0.717) is 0 Å². The second-order valence-electron chi connectivity index (χ2n) is 7.47. The van der Waals surface area contributed by atoms with Gasteiger partial charge in [0.15, 0.2) is 0 Å². The Morgan fingerprint density at radius 2 is 2.22 bits per heavy atom. The zero-order valence-electron chi connectivity index (χ0n) is 13.8. The molecule has 1 saturated heterocycles. The first-order valence-corrected chi connectivity index (χ1v) is 8.24. The summed E-state index contributed by atoms with van der Waals surface area (Å²) in [6.45, 7) is 5.30. The zero-order valence-corrected chi connectivity index (χ0v) is 13.8. The predicted octanol–water partition coefficient (Wildman–Crippen LogP) is 0.378. The number of amides is 1. The topological polar surface area (TPSA) is 95.9 Å². The van der Waals surface area contributed by atoms with Gasteiger partial charge in [0.05, 0.1) is 17.6 Å². The van der Waals surface area contributed by atoms with E-state index in [9.17, 15) is 19.8 Å². The molecule has 0 radical (unpaired) electrons. The van der Waals surface area contributed by atoms with Gasteiger partial charge >= 0.3 is 5.97 Å². The molecule has 128 valence electrons. The van der Waals surface area contributed by atoms with Crippen molar-refractivity contribution >= 4 is 11.9 Å². The number of esters is 1. The lowest BCUT2D eigenvalue weighted by Crippen LogP contribution is -2.41. The highest BCUT2D eigenvalue weighted by atomic mass is 16.6. The van der Waals surface area contributed by atoms with E-state index in [1.807, 2.05) is 6.92 Å². The van der Waals surface area contributed by atoms with Crippen LogP contribution in [0.15, 0.2) is 11.6 Å². The van der Waals surface area contributed by atoms with Crippen LogP contribution >= 0.6 is 0 Å². The number of aliphatic hydroxyl groups is 2. The summed E-state index contributed by atoms with van der Waals surface area (Å²) in [7, 11) is 0. The number of ether oxygens (including phenoxy) is 1. The predicted molar refractivity (Wildman–Crippen MR) is 82.1 cm³/mol. The number of hydrogen-bond donors (Lipinski definition) is 3. The van der Waals surface area contributed by atoms with Crippen LogP contribution in [0, 0.1) is 23.7 Å². The van der Waals surface area contributed by atoms with E-state index in [1.165, 1.54) is 6.92 Å². The maximum atomic E-state index is 12.3. The van der Waals surface area contributed by atoms with Gasteiger partial charge in [0.2, 0.25) is 5.91 Å². The Kier molecular flexibility index (Phi) is 4.01. The van der Waals surface area contributed by atoms with Crippen LogP contribution < -0.4 is 5.32 Å². The maximum Gasteiger partial charge on any atom is 0.311 e. The fourth-order valence-electron chi connectivity index (χ4n) is 4.71. The number of fused-ring (bicyclic) bond motifs is 3. The third-order valence-corrected chi connectivity index (χ3v) is 5.84. The van der Waals surface area contributed by atoms with Crippen molar-refractivity contribution in [1.29, 1.82) is 0 Å². The summed E-state index contributed by atoms with van der Waals surface area (Å²) in [5.74, 6) is -1.68. The molecule has 7 atom stereocenters. The second-order valence-corrected chi connectivity index (χ2v) is 7.47. The number of carbonyl (C=O) groups is 2. The maximum absolute atomic E-state index is 12.3. The van der Waals surface area contributed by atoms with Gasteiger partial charge in [-0.1, -0.05) is 11.6 Å². The molecular formula is C17H25NO5. The largest absolute Gasteiger partial charge is 0.461 e. The summed E-state index contributed by atoms with van der Waals surface area (Å²) in [6, 6.07) is 0. The highest BCUT2D eigenvalue weighted by molar-refractivity contribution is 5.78. The van der Waals surface area contributed by atoms with Gasteiger partial charge in [-0.2, -0.15) is 0 Å². The third-order valence-electron chi connectivity index (χ3n) is 5.84. The van der Waals surface area contributed by atoms with Crippen molar-refractivity contribution in [3.63, 3.8) is 0 Å². The Labute approximate surface area is 135 Å². The molecule has 23 heavy (non-hydrogen) atoms. The minimum absolute atomic E-state index is 0.0560. The van der Waals surface area contributed by atoms with Gasteiger partial charge in [-0.25, -0.2) is 0 Å². The van der Waals surface area contributed by atoms with Crippen molar-refractivity contribution in [2.45, 2.75) is 51.4 Å². The molecule has 0 spiro atoms. The molecule has 1 amide bonds. The van der Waals surface area contributed by atoms with Crippen LogP contribution in [0.2, 0.25) is 0 Å². The average Bonchev–Trinajstić information content (AvgIpc) is 2.94. The first-order valence-electron chi connectivity index (χ1n) is 8.24. The van der Waals surface area contributed by atoms with Gasteiger partial charge in [0.25, 0.3) is 0 Å². The van der Waals surface area contributed by atoms with Crippen molar-refractivity contribution in [1.82, 2.24) is 5.32 Å². The van der Waals surface area contributed by atoms with Crippen LogP contribution in [0.4, 0.5) is 0 Å². The number of hydrogen-bond acceptors (Lipinski definition) is 5. The molecule has 0 aromatic heterocycles. The van der Waals surface area contributed by atoms with E-state index in [2.05, 4.69) is 11.4 Å². The first kappa shape index (κ1) is 16.5.